The topological polar surface area (TPSA) is 43.3 Å². The van der Waals surface area contributed by atoms with Crippen molar-refractivity contribution in [1.29, 1.82) is 0 Å². The van der Waals surface area contributed by atoms with E-state index in [2.05, 4.69) is 17.2 Å². The standard InChI is InChI=1S/C10H11N3/c11-10(4-5-10)8-1-2-9-3-6-12-13(9)7-8/h1-3,6-7H,4-5,11H2. The first-order chi connectivity index (χ1) is 6.28. The molecule has 2 heterocycles. The Morgan fingerprint density at radius 1 is 1.31 bits per heavy atom. The minimum atomic E-state index is -0.0554. The van der Waals surface area contributed by atoms with Gasteiger partial charge in [-0.1, -0.05) is 6.07 Å². The third kappa shape index (κ3) is 0.971. The molecule has 2 aromatic heterocycles. The fraction of sp³-hybridized carbons (Fsp3) is 0.300. The van der Waals surface area contributed by atoms with Gasteiger partial charge >= 0.3 is 0 Å². The number of pyridine rings is 1. The molecule has 0 aromatic carbocycles. The highest BCUT2D eigenvalue weighted by atomic mass is 15.2. The van der Waals surface area contributed by atoms with E-state index in [-0.39, 0.29) is 5.54 Å². The highest BCUT2D eigenvalue weighted by Crippen LogP contribution is 2.42. The molecule has 0 aliphatic heterocycles. The van der Waals surface area contributed by atoms with E-state index in [1.807, 2.05) is 16.8 Å². The summed E-state index contributed by atoms with van der Waals surface area (Å²) in [6.07, 6.45) is 6.02. The maximum atomic E-state index is 6.09. The Morgan fingerprint density at radius 2 is 2.15 bits per heavy atom. The second-order valence-electron chi connectivity index (χ2n) is 3.77. The van der Waals surface area contributed by atoms with E-state index in [1.165, 1.54) is 5.56 Å². The van der Waals surface area contributed by atoms with Gasteiger partial charge in [-0.3, -0.25) is 0 Å². The molecule has 0 bridgehead atoms. The molecule has 0 radical (unpaired) electrons. The number of nitrogens with two attached hydrogens (primary N) is 1. The van der Waals surface area contributed by atoms with Crippen LogP contribution in [0.1, 0.15) is 18.4 Å². The van der Waals surface area contributed by atoms with Crippen molar-refractivity contribution < 1.29 is 0 Å². The molecule has 1 saturated carbocycles. The van der Waals surface area contributed by atoms with Crippen LogP contribution >= 0.6 is 0 Å². The smallest absolute Gasteiger partial charge is 0.0661 e. The lowest BCUT2D eigenvalue weighted by atomic mass is 10.1. The molecule has 2 aromatic rings. The number of rotatable bonds is 1. The molecule has 1 aliphatic rings. The van der Waals surface area contributed by atoms with Crippen molar-refractivity contribution in [1.82, 2.24) is 9.61 Å². The summed E-state index contributed by atoms with van der Waals surface area (Å²) in [5.74, 6) is 0. The van der Waals surface area contributed by atoms with E-state index in [9.17, 15) is 0 Å². The van der Waals surface area contributed by atoms with Crippen LogP contribution in [-0.4, -0.2) is 9.61 Å². The Balaban J connectivity index is 2.20. The molecular weight excluding hydrogens is 162 g/mol. The van der Waals surface area contributed by atoms with Gasteiger partial charge in [0.15, 0.2) is 0 Å². The van der Waals surface area contributed by atoms with Crippen LogP contribution in [0.15, 0.2) is 30.6 Å². The Kier molecular flexibility index (Phi) is 1.15. The van der Waals surface area contributed by atoms with Gasteiger partial charge in [0.05, 0.1) is 5.52 Å². The second-order valence-corrected chi connectivity index (χ2v) is 3.77. The van der Waals surface area contributed by atoms with Crippen molar-refractivity contribution in [2.45, 2.75) is 18.4 Å². The summed E-state index contributed by atoms with van der Waals surface area (Å²) in [5, 5.41) is 4.18. The van der Waals surface area contributed by atoms with Gasteiger partial charge in [0, 0.05) is 17.9 Å². The first-order valence-corrected chi connectivity index (χ1v) is 4.51. The zero-order valence-electron chi connectivity index (χ0n) is 7.27. The molecule has 3 heteroatoms. The first-order valence-electron chi connectivity index (χ1n) is 4.51. The summed E-state index contributed by atoms with van der Waals surface area (Å²) in [6, 6.07) is 6.15. The molecule has 1 fully saturated rings. The van der Waals surface area contributed by atoms with Crippen molar-refractivity contribution >= 4 is 5.52 Å². The van der Waals surface area contributed by atoms with Crippen LogP contribution < -0.4 is 5.73 Å². The minimum absolute atomic E-state index is 0.0554. The van der Waals surface area contributed by atoms with E-state index in [1.54, 1.807) is 6.20 Å². The Hall–Kier alpha value is -1.35. The largest absolute Gasteiger partial charge is 0.321 e. The third-order valence-corrected chi connectivity index (χ3v) is 2.76. The van der Waals surface area contributed by atoms with Gasteiger partial charge in [-0.2, -0.15) is 5.10 Å². The maximum Gasteiger partial charge on any atom is 0.0661 e. The summed E-state index contributed by atoms with van der Waals surface area (Å²) in [5.41, 5.74) is 8.35. The lowest BCUT2D eigenvalue weighted by Crippen LogP contribution is -2.19. The molecular formula is C10H11N3. The van der Waals surface area contributed by atoms with Crippen LogP contribution in [0.2, 0.25) is 0 Å². The van der Waals surface area contributed by atoms with Crippen molar-refractivity contribution in [2.75, 3.05) is 0 Å². The van der Waals surface area contributed by atoms with Crippen LogP contribution in [0.4, 0.5) is 0 Å². The van der Waals surface area contributed by atoms with Gasteiger partial charge in [0.1, 0.15) is 0 Å². The van der Waals surface area contributed by atoms with Crippen molar-refractivity contribution in [3.63, 3.8) is 0 Å². The second kappa shape index (κ2) is 2.12. The normalized spacial score (nSPS) is 19.2. The molecule has 0 saturated heterocycles. The highest BCUT2D eigenvalue weighted by molar-refractivity contribution is 5.47. The number of hydrogen-bond donors (Lipinski definition) is 1. The van der Waals surface area contributed by atoms with Crippen LogP contribution in [0.3, 0.4) is 0 Å². The molecule has 3 rings (SSSR count). The Bertz CT molecular complexity index is 454. The van der Waals surface area contributed by atoms with Gasteiger partial charge in [-0.25, -0.2) is 4.52 Å². The maximum absolute atomic E-state index is 6.09. The molecule has 0 unspecified atom stereocenters. The molecule has 1 aliphatic carbocycles. The van der Waals surface area contributed by atoms with Crippen LogP contribution in [0.25, 0.3) is 5.52 Å². The van der Waals surface area contributed by atoms with Crippen molar-refractivity contribution in [2.24, 2.45) is 5.73 Å². The highest BCUT2D eigenvalue weighted by Gasteiger charge is 2.40. The van der Waals surface area contributed by atoms with E-state index >= 15 is 0 Å². The van der Waals surface area contributed by atoms with Crippen LogP contribution in [0, 0.1) is 0 Å². The molecule has 66 valence electrons. The van der Waals surface area contributed by atoms with Gasteiger partial charge in [0.25, 0.3) is 0 Å². The number of fused-ring (bicyclic) bond motifs is 1. The summed E-state index contributed by atoms with van der Waals surface area (Å²) >= 11 is 0. The molecule has 0 atom stereocenters. The predicted octanol–water partition coefficient (Wildman–Crippen LogP) is 1.28. The molecule has 13 heavy (non-hydrogen) atoms. The van der Waals surface area contributed by atoms with Crippen molar-refractivity contribution in [3.05, 3.63) is 36.2 Å². The zero-order chi connectivity index (χ0) is 8.89. The summed E-state index contributed by atoms with van der Waals surface area (Å²) in [7, 11) is 0. The average molecular weight is 173 g/mol. The number of nitrogens with zero attached hydrogens (tertiary/aromatic N) is 2. The average Bonchev–Trinajstić information content (AvgIpc) is 2.74. The third-order valence-electron chi connectivity index (χ3n) is 2.76. The number of aromatic nitrogens is 2. The lowest BCUT2D eigenvalue weighted by Gasteiger charge is -2.08. The fourth-order valence-electron chi connectivity index (χ4n) is 1.63. The lowest BCUT2D eigenvalue weighted by molar-refractivity contribution is 0.727. The number of hydrogen-bond acceptors (Lipinski definition) is 2. The minimum Gasteiger partial charge on any atom is -0.321 e. The van der Waals surface area contributed by atoms with Gasteiger partial charge in [-0.05, 0) is 30.5 Å². The van der Waals surface area contributed by atoms with E-state index in [0.29, 0.717) is 0 Å². The Morgan fingerprint density at radius 3 is 2.92 bits per heavy atom. The SMILES string of the molecule is NC1(c2ccc3ccnn3c2)CC1. The summed E-state index contributed by atoms with van der Waals surface area (Å²) < 4.78 is 1.88. The van der Waals surface area contributed by atoms with Gasteiger partial charge < -0.3 is 5.73 Å². The van der Waals surface area contributed by atoms with Crippen LogP contribution in [0.5, 0.6) is 0 Å². The predicted molar refractivity (Wildman–Crippen MR) is 50.3 cm³/mol. The zero-order valence-corrected chi connectivity index (χ0v) is 7.27. The van der Waals surface area contributed by atoms with E-state index in [0.717, 1.165) is 18.4 Å². The fourth-order valence-corrected chi connectivity index (χ4v) is 1.63. The van der Waals surface area contributed by atoms with Crippen LogP contribution in [-0.2, 0) is 5.54 Å². The molecule has 0 spiro atoms. The first kappa shape index (κ1) is 7.09. The quantitative estimate of drug-likeness (QED) is 0.706. The van der Waals surface area contributed by atoms with Gasteiger partial charge in [-0.15, -0.1) is 0 Å². The summed E-state index contributed by atoms with van der Waals surface area (Å²) in [6.45, 7) is 0. The van der Waals surface area contributed by atoms with Gasteiger partial charge in [0.2, 0.25) is 0 Å². The Labute approximate surface area is 76.2 Å². The summed E-state index contributed by atoms with van der Waals surface area (Å²) in [4.78, 5) is 0. The molecule has 2 N–H and O–H groups in total. The van der Waals surface area contributed by atoms with Crippen molar-refractivity contribution in [3.8, 4) is 0 Å². The molecule has 0 amide bonds. The van der Waals surface area contributed by atoms with E-state index < -0.39 is 0 Å². The monoisotopic (exact) mass is 173 g/mol. The van der Waals surface area contributed by atoms with E-state index in [4.69, 9.17) is 5.73 Å². The molecule has 3 nitrogen and oxygen atoms in total.